The van der Waals surface area contributed by atoms with Crippen molar-refractivity contribution in [3.63, 3.8) is 0 Å². The highest BCUT2D eigenvalue weighted by Gasteiger charge is 2.33. The molecule has 4 nitrogen and oxygen atoms in total. The fourth-order valence-corrected chi connectivity index (χ4v) is 3.42. The molecule has 3 rings (SSSR count). The zero-order valence-electron chi connectivity index (χ0n) is 12.3. The Hall–Kier alpha value is -1.36. The van der Waals surface area contributed by atoms with Crippen molar-refractivity contribution in [2.45, 2.75) is 18.4 Å². The number of fused-ring (bicyclic) bond motifs is 1. The van der Waals surface area contributed by atoms with Crippen LogP contribution in [0.25, 0.3) is 10.9 Å². The fourth-order valence-electron chi connectivity index (χ4n) is 3.21. The number of pyridine rings is 1. The summed E-state index contributed by atoms with van der Waals surface area (Å²) < 4.78 is 0. The lowest BCUT2D eigenvalue weighted by molar-refractivity contribution is 0.198. The molecule has 1 aliphatic heterocycles. The van der Waals surface area contributed by atoms with Crippen molar-refractivity contribution in [3.8, 4) is 0 Å². The third-order valence-corrected chi connectivity index (χ3v) is 4.60. The van der Waals surface area contributed by atoms with Gasteiger partial charge in [-0.2, -0.15) is 0 Å². The van der Waals surface area contributed by atoms with Crippen LogP contribution < -0.4 is 11.1 Å². The highest BCUT2D eigenvalue weighted by atomic mass is 35.5. The quantitative estimate of drug-likeness (QED) is 0.915. The van der Waals surface area contributed by atoms with Gasteiger partial charge < -0.3 is 16.0 Å². The number of anilines is 1. The van der Waals surface area contributed by atoms with Gasteiger partial charge in [-0.15, -0.1) is 0 Å². The number of likely N-dealkylation sites (N-methyl/N-ethyl adjacent to an activating group) is 1. The van der Waals surface area contributed by atoms with Crippen LogP contribution in [0.5, 0.6) is 0 Å². The van der Waals surface area contributed by atoms with Gasteiger partial charge in [0.05, 0.1) is 21.8 Å². The summed E-state index contributed by atoms with van der Waals surface area (Å²) in [5, 5.41) is 5.36. The Morgan fingerprint density at radius 1 is 1.43 bits per heavy atom. The molecule has 0 amide bonds. The number of nitrogens with one attached hydrogen (secondary N) is 1. The van der Waals surface area contributed by atoms with Gasteiger partial charge in [-0.1, -0.05) is 11.6 Å². The molecule has 2 heterocycles. The minimum absolute atomic E-state index is 0.0920. The lowest BCUT2D eigenvalue weighted by atomic mass is 9.88. The molecule has 1 aromatic carbocycles. The highest BCUT2D eigenvalue weighted by Crippen LogP contribution is 2.32. The molecule has 5 heteroatoms. The third-order valence-electron chi connectivity index (χ3n) is 4.27. The lowest BCUT2D eigenvalue weighted by Crippen LogP contribution is -2.56. The summed E-state index contributed by atoms with van der Waals surface area (Å²) in [7, 11) is 2.14. The van der Waals surface area contributed by atoms with Crippen molar-refractivity contribution in [2.75, 3.05) is 32.0 Å². The van der Waals surface area contributed by atoms with E-state index >= 15 is 0 Å². The second-order valence-electron chi connectivity index (χ2n) is 5.95. The van der Waals surface area contributed by atoms with Crippen LogP contribution in [0.3, 0.4) is 0 Å². The van der Waals surface area contributed by atoms with Crippen LogP contribution in [0.1, 0.15) is 12.8 Å². The molecule has 0 radical (unpaired) electrons. The lowest BCUT2D eigenvalue weighted by Gasteiger charge is -2.42. The summed E-state index contributed by atoms with van der Waals surface area (Å²) >= 11 is 6.26. The molecule has 0 bridgehead atoms. The Kier molecular flexibility index (Phi) is 4.02. The summed E-state index contributed by atoms with van der Waals surface area (Å²) in [6, 6.07) is 7.83. The molecule has 1 unspecified atom stereocenters. The van der Waals surface area contributed by atoms with Gasteiger partial charge in [-0.05, 0) is 50.7 Å². The summed E-state index contributed by atoms with van der Waals surface area (Å²) in [5.41, 5.74) is 7.91. The van der Waals surface area contributed by atoms with Crippen LogP contribution in [0, 0.1) is 0 Å². The zero-order valence-corrected chi connectivity index (χ0v) is 13.0. The van der Waals surface area contributed by atoms with Crippen molar-refractivity contribution in [2.24, 2.45) is 5.73 Å². The minimum Gasteiger partial charge on any atom is -0.375 e. The third kappa shape index (κ3) is 2.84. The molecule has 0 saturated carbocycles. The summed E-state index contributed by atoms with van der Waals surface area (Å²) in [6.45, 7) is 2.68. The SMILES string of the molecule is CN1CCCC(CN)(Nc2ccc(Cl)c3cccnc23)C1. The second kappa shape index (κ2) is 5.79. The maximum atomic E-state index is 6.26. The first kappa shape index (κ1) is 14.6. The number of nitrogens with zero attached hydrogens (tertiary/aromatic N) is 2. The van der Waals surface area contributed by atoms with Crippen LogP contribution in [0.4, 0.5) is 5.69 Å². The molecule has 112 valence electrons. The number of nitrogens with two attached hydrogens (primary N) is 1. The molecule has 3 N–H and O–H groups in total. The number of rotatable bonds is 3. The number of benzene rings is 1. The summed E-state index contributed by atoms with van der Waals surface area (Å²) in [6.07, 6.45) is 4.02. The van der Waals surface area contributed by atoms with Crippen LogP contribution in [0.15, 0.2) is 30.5 Å². The fraction of sp³-hybridized carbons (Fsp3) is 0.438. The molecule has 1 fully saturated rings. The normalized spacial score (nSPS) is 23.4. The van der Waals surface area contributed by atoms with Gasteiger partial charge in [0.25, 0.3) is 0 Å². The Bertz CT molecular complexity index is 645. The van der Waals surface area contributed by atoms with E-state index in [9.17, 15) is 0 Å². The Morgan fingerprint density at radius 2 is 2.29 bits per heavy atom. The molecule has 0 aliphatic carbocycles. The van der Waals surface area contributed by atoms with Gasteiger partial charge >= 0.3 is 0 Å². The van der Waals surface area contributed by atoms with E-state index in [0.717, 1.165) is 47.5 Å². The van der Waals surface area contributed by atoms with Gasteiger partial charge in [-0.3, -0.25) is 4.98 Å². The van der Waals surface area contributed by atoms with Crippen molar-refractivity contribution >= 4 is 28.2 Å². The van der Waals surface area contributed by atoms with E-state index in [-0.39, 0.29) is 5.54 Å². The average molecular weight is 305 g/mol. The molecule has 1 atom stereocenters. The second-order valence-corrected chi connectivity index (χ2v) is 6.35. The average Bonchev–Trinajstić information content (AvgIpc) is 2.50. The van der Waals surface area contributed by atoms with E-state index in [1.54, 1.807) is 6.20 Å². The first-order valence-corrected chi connectivity index (χ1v) is 7.71. The van der Waals surface area contributed by atoms with Crippen LogP contribution in [-0.2, 0) is 0 Å². The highest BCUT2D eigenvalue weighted by molar-refractivity contribution is 6.35. The van der Waals surface area contributed by atoms with E-state index in [1.807, 2.05) is 24.3 Å². The van der Waals surface area contributed by atoms with E-state index in [4.69, 9.17) is 17.3 Å². The maximum absolute atomic E-state index is 6.26. The van der Waals surface area contributed by atoms with Crippen molar-refractivity contribution in [1.82, 2.24) is 9.88 Å². The van der Waals surface area contributed by atoms with Gasteiger partial charge in [0.2, 0.25) is 0 Å². The molecular formula is C16H21ClN4. The van der Waals surface area contributed by atoms with Crippen molar-refractivity contribution in [1.29, 1.82) is 0 Å². The van der Waals surface area contributed by atoms with Crippen LogP contribution >= 0.6 is 11.6 Å². The predicted octanol–water partition coefficient (Wildman–Crippen LogP) is 2.72. The van der Waals surface area contributed by atoms with Crippen molar-refractivity contribution < 1.29 is 0 Å². The van der Waals surface area contributed by atoms with Gasteiger partial charge in [0.15, 0.2) is 0 Å². The van der Waals surface area contributed by atoms with Crippen LogP contribution in [0.2, 0.25) is 5.02 Å². The zero-order chi connectivity index (χ0) is 14.9. The number of aromatic nitrogens is 1. The number of likely N-dealkylation sites (tertiary alicyclic amines) is 1. The molecule has 1 aromatic heterocycles. The monoisotopic (exact) mass is 304 g/mol. The van der Waals surface area contributed by atoms with E-state index in [0.29, 0.717) is 6.54 Å². The minimum atomic E-state index is -0.0920. The van der Waals surface area contributed by atoms with Gasteiger partial charge in [-0.25, -0.2) is 0 Å². The summed E-state index contributed by atoms with van der Waals surface area (Å²) in [4.78, 5) is 6.82. The van der Waals surface area contributed by atoms with Crippen molar-refractivity contribution in [3.05, 3.63) is 35.5 Å². The van der Waals surface area contributed by atoms with Crippen LogP contribution in [-0.4, -0.2) is 42.1 Å². The number of hydrogen-bond acceptors (Lipinski definition) is 4. The van der Waals surface area contributed by atoms with Gasteiger partial charge in [0, 0.05) is 24.7 Å². The number of halogens is 1. The van der Waals surface area contributed by atoms with E-state index in [1.165, 1.54) is 0 Å². The van der Waals surface area contributed by atoms with E-state index < -0.39 is 0 Å². The smallest absolute Gasteiger partial charge is 0.0948 e. The molecular weight excluding hydrogens is 284 g/mol. The van der Waals surface area contributed by atoms with E-state index in [2.05, 4.69) is 22.2 Å². The number of hydrogen-bond donors (Lipinski definition) is 2. The maximum Gasteiger partial charge on any atom is 0.0948 e. The topological polar surface area (TPSA) is 54.2 Å². The Morgan fingerprint density at radius 3 is 3.05 bits per heavy atom. The molecule has 2 aromatic rings. The van der Waals surface area contributed by atoms with Gasteiger partial charge in [0.1, 0.15) is 0 Å². The first-order chi connectivity index (χ1) is 10.1. The standard InChI is InChI=1S/C16H21ClN4/c1-21-9-3-7-16(10-18,11-21)20-14-6-5-13(17)12-4-2-8-19-15(12)14/h2,4-6,8,20H,3,7,9-11,18H2,1H3. The Labute approximate surface area is 130 Å². The Balaban J connectivity index is 1.99. The summed E-state index contributed by atoms with van der Waals surface area (Å²) in [5.74, 6) is 0. The first-order valence-electron chi connectivity index (χ1n) is 7.34. The number of piperidine rings is 1. The largest absolute Gasteiger partial charge is 0.375 e. The molecule has 1 saturated heterocycles. The molecule has 1 aliphatic rings. The molecule has 21 heavy (non-hydrogen) atoms. The predicted molar refractivity (Wildman–Crippen MR) is 88.9 cm³/mol. The molecule has 0 spiro atoms.